The van der Waals surface area contributed by atoms with E-state index in [1.807, 2.05) is 13.8 Å². The quantitative estimate of drug-likeness (QED) is 0.570. The van der Waals surface area contributed by atoms with Crippen LogP contribution in [0.4, 0.5) is 0 Å². The van der Waals surface area contributed by atoms with E-state index in [1.54, 1.807) is 0 Å². The van der Waals surface area contributed by atoms with Gasteiger partial charge in [0.1, 0.15) is 0 Å². The molecule has 0 radical (unpaired) electrons. The Kier molecular flexibility index (Phi) is 10.0. The molecular weight excluding hydrogens is 251 g/mol. The molecule has 0 saturated carbocycles. The van der Waals surface area contributed by atoms with Gasteiger partial charge >= 0.3 is 7.82 Å². The predicted octanol–water partition coefficient (Wildman–Crippen LogP) is 4.38. The Morgan fingerprint density at radius 3 is 2.33 bits per heavy atom. The molecule has 0 aliphatic rings. The minimum absolute atomic E-state index is 0.275. The molecule has 0 aromatic heterocycles. The van der Waals surface area contributed by atoms with Crippen molar-refractivity contribution in [3.05, 3.63) is 0 Å². The molecule has 0 aliphatic carbocycles. The largest absolute Gasteiger partial charge is 0.472 e. The molecule has 4 nitrogen and oxygen atoms in total. The van der Waals surface area contributed by atoms with E-state index in [-0.39, 0.29) is 6.61 Å². The Morgan fingerprint density at radius 2 is 1.83 bits per heavy atom. The first kappa shape index (κ1) is 18.1. The van der Waals surface area contributed by atoms with E-state index in [4.69, 9.17) is 9.05 Å². The second-order valence-electron chi connectivity index (χ2n) is 5.20. The molecular formula is C13H29O4P. The summed E-state index contributed by atoms with van der Waals surface area (Å²) in [6.45, 7) is 8.89. The lowest BCUT2D eigenvalue weighted by Crippen LogP contribution is -2.09. The summed E-state index contributed by atoms with van der Waals surface area (Å²) in [4.78, 5) is 9.51. The first-order valence-electron chi connectivity index (χ1n) is 7.03. The molecule has 5 heteroatoms. The zero-order valence-corrected chi connectivity index (χ0v) is 13.1. The van der Waals surface area contributed by atoms with Crippen LogP contribution in [0.5, 0.6) is 0 Å². The van der Waals surface area contributed by atoms with Gasteiger partial charge in [0.2, 0.25) is 0 Å². The number of phosphoric acid groups is 1. The maximum Gasteiger partial charge on any atom is 0.472 e. The van der Waals surface area contributed by atoms with Gasteiger partial charge in [0.15, 0.2) is 0 Å². The van der Waals surface area contributed by atoms with Crippen molar-refractivity contribution in [3.63, 3.8) is 0 Å². The standard InChI is InChI=1S/C13H29O4P/c1-5-7-8-13(6-2)11-17-18(14,15)16-10-9-12(3)4/h12-13H,5-11H2,1-4H3,(H,14,15). The summed E-state index contributed by atoms with van der Waals surface area (Å²) in [5, 5.41) is 0. The highest BCUT2D eigenvalue weighted by Crippen LogP contribution is 2.44. The molecule has 2 unspecified atom stereocenters. The fourth-order valence-corrected chi connectivity index (χ4v) is 2.35. The highest BCUT2D eigenvalue weighted by molar-refractivity contribution is 7.47. The maximum absolute atomic E-state index is 11.6. The van der Waals surface area contributed by atoms with Gasteiger partial charge in [-0.05, 0) is 24.7 Å². The van der Waals surface area contributed by atoms with Gasteiger partial charge in [0, 0.05) is 0 Å². The molecule has 2 atom stereocenters. The van der Waals surface area contributed by atoms with Crippen LogP contribution in [0.15, 0.2) is 0 Å². The number of rotatable bonds is 11. The van der Waals surface area contributed by atoms with Crippen molar-refractivity contribution in [2.75, 3.05) is 13.2 Å². The zero-order valence-electron chi connectivity index (χ0n) is 12.2. The van der Waals surface area contributed by atoms with Crippen molar-refractivity contribution in [1.82, 2.24) is 0 Å². The van der Waals surface area contributed by atoms with Crippen LogP contribution in [0.2, 0.25) is 0 Å². The van der Waals surface area contributed by atoms with Crippen molar-refractivity contribution in [1.29, 1.82) is 0 Å². The molecule has 0 rings (SSSR count). The molecule has 1 N–H and O–H groups in total. The summed E-state index contributed by atoms with van der Waals surface area (Å²) < 4.78 is 21.6. The predicted molar refractivity (Wildman–Crippen MR) is 74.5 cm³/mol. The normalized spacial score (nSPS) is 16.8. The third-order valence-electron chi connectivity index (χ3n) is 2.97. The van der Waals surface area contributed by atoms with Gasteiger partial charge in [-0.3, -0.25) is 9.05 Å². The molecule has 0 aliphatic heterocycles. The van der Waals surface area contributed by atoms with E-state index < -0.39 is 7.82 Å². The van der Waals surface area contributed by atoms with Gasteiger partial charge in [0.25, 0.3) is 0 Å². The zero-order chi connectivity index (χ0) is 14.0. The fraction of sp³-hybridized carbons (Fsp3) is 1.00. The summed E-state index contributed by atoms with van der Waals surface area (Å²) >= 11 is 0. The van der Waals surface area contributed by atoms with Crippen molar-refractivity contribution < 1.29 is 18.5 Å². The molecule has 110 valence electrons. The highest BCUT2D eigenvalue weighted by Gasteiger charge is 2.22. The molecule has 0 fully saturated rings. The van der Waals surface area contributed by atoms with Crippen molar-refractivity contribution in [2.24, 2.45) is 11.8 Å². The molecule has 0 bridgehead atoms. The lowest BCUT2D eigenvalue weighted by molar-refractivity contribution is 0.123. The van der Waals surface area contributed by atoms with Crippen LogP contribution in [-0.2, 0) is 13.6 Å². The second-order valence-corrected chi connectivity index (χ2v) is 6.65. The third-order valence-corrected chi connectivity index (χ3v) is 3.95. The molecule has 0 saturated heterocycles. The van der Waals surface area contributed by atoms with Gasteiger partial charge in [-0.2, -0.15) is 0 Å². The second kappa shape index (κ2) is 9.96. The Bertz CT molecular complexity index is 243. The highest BCUT2D eigenvalue weighted by atomic mass is 31.2. The fourth-order valence-electron chi connectivity index (χ4n) is 1.54. The Labute approximate surface area is 112 Å². The summed E-state index contributed by atoms with van der Waals surface area (Å²) in [6.07, 6.45) is 5.04. The van der Waals surface area contributed by atoms with Crippen molar-refractivity contribution in [2.45, 2.75) is 59.8 Å². The molecule has 18 heavy (non-hydrogen) atoms. The maximum atomic E-state index is 11.6. The molecule has 0 amide bonds. The molecule has 0 heterocycles. The van der Waals surface area contributed by atoms with Crippen molar-refractivity contribution in [3.8, 4) is 0 Å². The van der Waals surface area contributed by atoms with Crippen LogP contribution in [-0.4, -0.2) is 18.1 Å². The lowest BCUT2D eigenvalue weighted by atomic mass is 10.0. The van der Waals surface area contributed by atoms with Gasteiger partial charge in [-0.25, -0.2) is 4.57 Å². The summed E-state index contributed by atoms with van der Waals surface area (Å²) in [7, 11) is -3.85. The molecule has 0 spiro atoms. The van der Waals surface area contributed by atoms with Gasteiger partial charge in [0.05, 0.1) is 13.2 Å². The number of phosphoric ester groups is 1. The summed E-state index contributed by atoms with van der Waals surface area (Å²) in [6, 6.07) is 0. The van der Waals surface area contributed by atoms with E-state index in [9.17, 15) is 9.46 Å². The van der Waals surface area contributed by atoms with Gasteiger partial charge in [-0.15, -0.1) is 0 Å². The smallest absolute Gasteiger partial charge is 0.302 e. The topological polar surface area (TPSA) is 55.8 Å². The molecule has 0 aromatic rings. The molecule has 0 aromatic carbocycles. The van der Waals surface area contributed by atoms with Crippen LogP contribution < -0.4 is 0 Å². The minimum atomic E-state index is -3.85. The van der Waals surface area contributed by atoms with E-state index in [2.05, 4.69) is 13.8 Å². The summed E-state index contributed by atoms with van der Waals surface area (Å²) in [5.74, 6) is 0.803. The first-order valence-corrected chi connectivity index (χ1v) is 8.52. The van der Waals surface area contributed by atoms with Gasteiger partial charge < -0.3 is 4.89 Å². The van der Waals surface area contributed by atoms with Crippen LogP contribution in [0.1, 0.15) is 59.8 Å². The SMILES string of the molecule is CCCCC(CC)COP(=O)(O)OCCC(C)C. The third kappa shape index (κ3) is 10.1. The Morgan fingerprint density at radius 1 is 1.17 bits per heavy atom. The average Bonchev–Trinajstić information content (AvgIpc) is 2.28. The van der Waals surface area contributed by atoms with Crippen LogP contribution in [0.3, 0.4) is 0 Å². The van der Waals surface area contributed by atoms with Crippen LogP contribution in [0.25, 0.3) is 0 Å². The lowest BCUT2D eigenvalue weighted by Gasteiger charge is -2.17. The number of unbranched alkanes of at least 4 members (excludes halogenated alkanes) is 1. The number of hydrogen-bond donors (Lipinski definition) is 1. The Balaban J connectivity index is 3.88. The first-order chi connectivity index (χ1) is 8.41. The number of hydrogen-bond acceptors (Lipinski definition) is 3. The van der Waals surface area contributed by atoms with E-state index in [0.717, 1.165) is 32.1 Å². The van der Waals surface area contributed by atoms with E-state index >= 15 is 0 Å². The van der Waals surface area contributed by atoms with E-state index in [0.29, 0.717) is 18.4 Å². The van der Waals surface area contributed by atoms with Crippen LogP contribution >= 0.6 is 7.82 Å². The Hall–Kier alpha value is 0.110. The average molecular weight is 280 g/mol. The summed E-state index contributed by atoms with van der Waals surface area (Å²) in [5.41, 5.74) is 0. The monoisotopic (exact) mass is 280 g/mol. The van der Waals surface area contributed by atoms with Gasteiger partial charge in [-0.1, -0.05) is 47.0 Å². The minimum Gasteiger partial charge on any atom is -0.302 e. The van der Waals surface area contributed by atoms with E-state index in [1.165, 1.54) is 0 Å². The van der Waals surface area contributed by atoms with Crippen molar-refractivity contribution >= 4 is 7.82 Å². The van der Waals surface area contributed by atoms with Crippen LogP contribution in [0, 0.1) is 11.8 Å².